The normalized spacial score (nSPS) is 20.2. The molecule has 3 aromatic rings. The van der Waals surface area contributed by atoms with E-state index in [1.807, 2.05) is 42.6 Å². The Morgan fingerprint density at radius 1 is 1.03 bits per heavy atom. The minimum Gasteiger partial charge on any atom is -0.497 e. The summed E-state index contributed by atoms with van der Waals surface area (Å²) in [6.07, 6.45) is 3.30. The van der Waals surface area contributed by atoms with Crippen molar-refractivity contribution in [2.45, 2.75) is 31.7 Å². The van der Waals surface area contributed by atoms with E-state index in [4.69, 9.17) is 23.7 Å². The fourth-order valence-corrected chi connectivity index (χ4v) is 3.94. The Kier molecular flexibility index (Phi) is 5.88. The molecule has 31 heavy (non-hydrogen) atoms. The lowest BCUT2D eigenvalue weighted by molar-refractivity contribution is -0.192. The van der Waals surface area contributed by atoms with E-state index in [1.54, 1.807) is 7.11 Å². The van der Waals surface area contributed by atoms with E-state index in [2.05, 4.69) is 16.4 Å². The molecule has 7 nitrogen and oxygen atoms in total. The van der Waals surface area contributed by atoms with Crippen LogP contribution in [0.25, 0.3) is 10.9 Å². The van der Waals surface area contributed by atoms with E-state index in [0.717, 1.165) is 53.1 Å². The average Bonchev–Trinajstić information content (AvgIpc) is 3.29. The molecule has 0 atom stereocenters. The number of pyridine rings is 1. The largest absolute Gasteiger partial charge is 0.497 e. The SMILES string of the molecule is COc1ccc2nccc(CCC3OCC(NCc4ccc5c(c4)OCO5)CO3)c2c1. The van der Waals surface area contributed by atoms with Crippen molar-refractivity contribution in [1.29, 1.82) is 0 Å². The lowest BCUT2D eigenvalue weighted by Gasteiger charge is -2.30. The van der Waals surface area contributed by atoms with E-state index in [-0.39, 0.29) is 12.3 Å². The third kappa shape index (κ3) is 4.58. The van der Waals surface area contributed by atoms with E-state index in [0.29, 0.717) is 20.0 Å². The molecule has 2 aromatic carbocycles. The van der Waals surface area contributed by atoms with Crippen molar-refractivity contribution >= 4 is 10.9 Å². The molecule has 0 spiro atoms. The molecule has 7 heteroatoms. The predicted molar refractivity (Wildman–Crippen MR) is 116 cm³/mol. The van der Waals surface area contributed by atoms with Crippen molar-refractivity contribution in [3.63, 3.8) is 0 Å². The fraction of sp³-hybridized carbons (Fsp3) is 0.375. The van der Waals surface area contributed by atoms with Crippen LogP contribution in [0, 0.1) is 0 Å². The Balaban J connectivity index is 1.11. The van der Waals surface area contributed by atoms with Crippen molar-refractivity contribution < 1.29 is 23.7 Å². The van der Waals surface area contributed by atoms with Gasteiger partial charge in [-0.1, -0.05) is 6.07 Å². The smallest absolute Gasteiger partial charge is 0.231 e. The van der Waals surface area contributed by atoms with Gasteiger partial charge < -0.3 is 29.0 Å². The second-order valence-electron chi connectivity index (χ2n) is 7.75. The highest BCUT2D eigenvalue weighted by Crippen LogP contribution is 2.32. The first-order valence-corrected chi connectivity index (χ1v) is 10.6. The van der Waals surface area contributed by atoms with E-state index in [1.165, 1.54) is 5.56 Å². The van der Waals surface area contributed by atoms with Gasteiger partial charge in [-0.05, 0) is 53.9 Å². The van der Waals surface area contributed by atoms with Crippen LogP contribution in [-0.2, 0) is 22.4 Å². The highest BCUT2D eigenvalue weighted by Gasteiger charge is 2.22. The van der Waals surface area contributed by atoms with Crippen LogP contribution in [0.1, 0.15) is 17.5 Å². The predicted octanol–water partition coefficient (Wildman–Crippen LogP) is 3.44. The molecule has 162 valence electrons. The van der Waals surface area contributed by atoms with Crippen molar-refractivity contribution in [2.75, 3.05) is 27.1 Å². The summed E-state index contributed by atoms with van der Waals surface area (Å²) in [6, 6.07) is 14.2. The van der Waals surface area contributed by atoms with E-state index >= 15 is 0 Å². The van der Waals surface area contributed by atoms with Gasteiger partial charge in [-0.15, -0.1) is 0 Å². The van der Waals surface area contributed by atoms with Crippen molar-refractivity contribution in [3.8, 4) is 17.2 Å². The molecule has 2 aliphatic heterocycles. The minimum absolute atomic E-state index is 0.160. The highest BCUT2D eigenvalue weighted by atomic mass is 16.7. The number of hydrogen-bond acceptors (Lipinski definition) is 7. The van der Waals surface area contributed by atoms with Gasteiger partial charge in [0.05, 0.1) is 31.9 Å². The molecule has 1 saturated heterocycles. The van der Waals surface area contributed by atoms with Crippen molar-refractivity contribution in [1.82, 2.24) is 10.3 Å². The minimum atomic E-state index is -0.197. The Morgan fingerprint density at radius 3 is 2.77 bits per heavy atom. The second kappa shape index (κ2) is 9.09. The topological polar surface area (TPSA) is 71.1 Å². The van der Waals surface area contributed by atoms with Gasteiger partial charge in [0.1, 0.15) is 5.75 Å². The van der Waals surface area contributed by atoms with Crippen LogP contribution in [0.5, 0.6) is 17.2 Å². The Morgan fingerprint density at radius 2 is 1.90 bits per heavy atom. The molecule has 1 fully saturated rings. The molecule has 0 radical (unpaired) electrons. The molecule has 2 aliphatic rings. The number of rotatable bonds is 7. The van der Waals surface area contributed by atoms with Crippen LogP contribution in [0.4, 0.5) is 0 Å². The Hall–Kier alpha value is -2.87. The van der Waals surface area contributed by atoms with Gasteiger partial charge in [0.25, 0.3) is 0 Å². The maximum absolute atomic E-state index is 5.96. The number of ether oxygens (including phenoxy) is 5. The first-order chi connectivity index (χ1) is 15.3. The number of hydrogen-bond donors (Lipinski definition) is 1. The zero-order chi connectivity index (χ0) is 21.0. The summed E-state index contributed by atoms with van der Waals surface area (Å²) >= 11 is 0. The van der Waals surface area contributed by atoms with Gasteiger partial charge in [0, 0.05) is 24.5 Å². The second-order valence-corrected chi connectivity index (χ2v) is 7.75. The molecule has 3 heterocycles. The molecular formula is C24H26N2O5. The zero-order valence-electron chi connectivity index (χ0n) is 17.5. The molecular weight excluding hydrogens is 396 g/mol. The number of nitrogens with zero attached hydrogens (tertiary/aromatic N) is 1. The lowest BCUT2D eigenvalue weighted by atomic mass is 10.0. The average molecular weight is 422 g/mol. The summed E-state index contributed by atoms with van der Waals surface area (Å²) in [5.74, 6) is 2.44. The van der Waals surface area contributed by atoms with Crippen LogP contribution < -0.4 is 19.5 Å². The van der Waals surface area contributed by atoms with Gasteiger partial charge in [-0.2, -0.15) is 0 Å². The number of fused-ring (bicyclic) bond motifs is 2. The number of nitrogens with one attached hydrogen (secondary N) is 1. The zero-order valence-corrected chi connectivity index (χ0v) is 17.5. The number of aryl methyl sites for hydroxylation is 1. The van der Waals surface area contributed by atoms with Crippen LogP contribution in [0.2, 0.25) is 0 Å². The quantitative estimate of drug-likeness (QED) is 0.625. The van der Waals surface area contributed by atoms with Crippen LogP contribution >= 0.6 is 0 Å². The number of benzene rings is 2. The number of methoxy groups -OCH3 is 1. The van der Waals surface area contributed by atoms with Crippen LogP contribution in [-0.4, -0.2) is 44.4 Å². The third-order valence-electron chi connectivity index (χ3n) is 5.69. The van der Waals surface area contributed by atoms with Crippen molar-refractivity contribution in [2.24, 2.45) is 0 Å². The van der Waals surface area contributed by atoms with Crippen molar-refractivity contribution in [3.05, 3.63) is 59.8 Å². The van der Waals surface area contributed by atoms with Gasteiger partial charge >= 0.3 is 0 Å². The maximum atomic E-state index is 5.96. The summed E-state index contributed by atoms with van der Waals surface area (Å²) < 4.78 is 28.1. The highest BCUT2D eigenvalue weighted by molar-refractivity contribution is 5.83. The maximum Gasteiger partial charge on any atom is 0.231 e. The molecule has 1 N–H and O–H groups in total. The Labute approximate surface area is 181 Å². The standard InChI is InChI=1S/C24H26N2O5/c1-27-19-4-5-21-20(11-19)17(8-9-25-21)3-7-24-28-13-18(14-29-24)26-12-16-2-6-22-23(10-16)31-15-30-22/h2,4-6,8-11,18,24,26H,3,7,12-15H2,1H3. The molecule has 0 aliphatic carbocycles. The van der Waals surface area contributed by atoms with E-state index in [9.17, 15) is 0 Å². The molecule has 0 unspecified atom stereocenters. The summed E-state index contributed by atoms with van der Waals surface area (Å²) in [6.45, 7) is 2.27. The van der Waals surface area contributed by atoms with Gasteiger partial charge in [-0.3, -0.25) is 4.98 Å². The first kappa shape index (κ1) is 20.1. The monoisotopic (exact) mass is 422 g/mol. The Bertz CT molecular complexity index is 1050. The summed E-state index contributed by atoms with van der Waals surface area (Å²) in [4.78, 5) is 4.45. The lowest BCUT2D eigenvalue weighted by Crippen LogP contribution is -2.44. The van der Waals surface area contributed by atoms with Gasteiger partial charge in [0.2, 0.25) is 6.79 Å². The first-order valence-electron chi connectivity index (χ1n) is 10.6. The summed E-state index contributed by atoms with van der Waals surface area (Å²) in [7, 11) is 1.68. The number of aromatic nitrogens is 1. The summed E-state index contributed by atoms with van der Waals surface area (Å²) in [5.41, 5.74) is 3.34. The fourth-order valence-electron chi connectivity index (χ4n) is 3.94. The van der Waals surface area contributed by atoms with Gasteiger partial charge in [0.15, 0.2) is 17.8 Å². The molecule has 0 saturated carbocycles. The van der Waals surface area contributed by atoms with Crippen LogP contribution in [0.3, 0.4) is 0 Å². The molecule has 1 aromatic heterocycles. The summed E-state index contributed by atoms with van der Waals surface area (Å²) in [5, 5.41) is 4.60. The molecule has 0 bridgehead atoms. The molecule has 5 rings (SSSR count). The third-order valence-corrected chi connectivity index (χ3v) is 5.69. The van der Waals surface area contributed by atoms with E-state index < -0.39 is 0 Å². The van der Waals surface area contributed by atoms with Gasteiger partial charge in [-0.25, -0.2) is 0 Å². The molecule has 0 amide bonds. The van der Waals surface area contributed by atoms with Crippen LogP contribution in [0.15, 0.2) is 48.7 Å².